The quantitative estimate of drug-likeness (QED) is 0.909. The summed E-state index contributed by atoms with van der Waals surface area (Å²) in [6.07, 6.45) is 2.33. The van der Waals surface area contributed by atoms with Gasteiger partial charge in [-0.05, 0) is 44.7 Å². The van der Waals surface area contributed by atoms with Crippen LogP contribution in [0.4, 0.5) is 5.82 Å². The zero-order chi connectivity index (χ0) is 15.9. The lowest BCUT2D eigenvalue weighted by Crippen LogP contribution is -2.46. The highest BCUT2D eigenvalue weighted by Crippen LogP contribution is 2.32. The summed E-state index contributed by atoms with van der Waals surface area (Å²) in [5.74, 6) is 1.84. The Morgan fingerprint density at radius 3 is 2.86 bits per heavy atom. The van der Waals surface area contributed by atoms with Gasteiger partial charge in [-0.25, -0.2) is 9.97 Å². The van der Waals surface area contributed by atoms with Gasteiger partial charge in [0, 0.05) is 10.9 Å². The van der Waals surface area contributed by atoms with Gasteiger partial charge < -0.3 is 10.8 Å². The predicted octanol–water partition coefficient (Wildman–Crippen LogP) is 2.48. The molecule has 1 aliphatic heterocycles. The van der Waals surface area contributed by atoms with Gasteiger partial charge in [-0.1, -0.05) is 6.92 Å². The lowest BCUT2D eigenvalue weighted by atomic mass is 9.91. The van der Waals surface area contributed by atoms with Crippen LogP contribution in [0.1, 0.15) is 36.0 Å². The van der Waals surface area contributed by atoms with Crippen LogP contribution in [0, 0.1) is 19.8 Å². The molecular formula is C16H24N4OS. The number of aliphatic hydroxyl groups is 1. The first-order valence-electron chi connectivity index (χ1n) is 7.88. The van der Waals surface area contributed by atoms with Crippen LogP contribution >= 0.6 is 11.3 Å². The molecule has 120 valence electrons. The maximum atomic E-state index is 9.67. The standard InChI is InChI=1S/C16H24N4OS/c1-9-5-4-6-20(12(9)8-21)7-13-18-15(17)14-10(2)11(3)22-16(14)19-13/h9,12,21H,4-8H2,1-3H3,(H2,17,18,19). The molecule has 22 heavy (non-hydrogen) atoms. The van der Waals surface area contributed by atoms with Gasteiger partial charge in [0.05, 0.1) is 18.5 Å². The monoisotopic (exact) mass is 320 g/mol. The number of aliphatic hydroxyl groups excluding tert-OH is 1. The smallest absolute Gasteiger partial charge is 0.146 e. The van der Waals surface area contributed by atoms with E-state index in [0.29, 0.717) is 18.3 Å². The molecule has 2 aromatic heterocycles. The molecule has 3 N–H and O–H groups in total. The Kier molecular flexibility index (Phi) is 4.34. The zero-order valence-electron chi connectivity index (χ0n) is 13.5. The van der Waals surface area contributed by atoms with Crippen LogP contribution < -0.4 is 5.73 Å². The summed E-state index contributed by atoms with van der Waals surface area (Å²) in [6, 6.07) is 0.195. The molecule has 1 saturated heterocycles. The number of aryl methyl sites for hydroxylation is 2. The highest BCUT2D eigenvalue weighted by molar-refractivity contribution is 7.18. The van der Waals surface area contributed by atoms with E-state index >= 15 is 0 Å². The molecule has 0 saturated carbocycles. The Bertz CT molecular complexity index is 684. The van der Waals surface area contributed by atoms with E-state index in [2.05, 4.69) is 30.7 Å². The van der Waals surface area contributed by atoms with Crippen molar-refractivity contribution in [2.75, 3.05) is 18.9 Å². The van der Waals surface area contributed by atoms with E-state index in [0.717, 1.165) is 29.0 Å². The highest BCUT2D eigenvalue weighted by Gasteiger charge is 2.28. The molecule has 0 amide bonds. The highest BCUT2D eigenvalue weighted by atomic mass is 32.1. The number of nitrogens with zero attached hydrogens (tertiary/aromatic N) is 3. The fourth-order valence-corrected chi connectivity index (χ4v) is 4.46. The summed E-state index contributed by atoms with van der Waals surface area (Å²) >= 11 is 1.68. The third-order valence-corrected chi connectivity index (χ3v) is 5.97. The first-order valence-corrected chi connectivity index (χ1v) is 8.70. The van der Waals surface area contributed by atoms with Crippen LogP contribution in [0.2, 0.25) is 0 Å². The third-order valence-electron chi connectivity index (χ3n) is 4.87. The Labute approximate surface area is 135 Å². The third kappa shape index (κ3) is 2.71. The number of nitrogens with two attached hydrogens (primary N) is 1. The van der Waals surface area contributed by atoms with E-state index in [1.807, 2.05) is 0 Å². The van der Waals surface area contributed by atoms with Crippen LogP contribution in [0.25, 0.3) is 10.2 Å². The van der Waals surface area contributed by atoms with Gasteiger partial charge in [0.2, 0.25) is 0 Å². The minimum atomic E-state index is 0.191. The van der Waals surface area contributed by atoms with Crippen molar-refractivity contribution in [2.45, 2.75) is 46.2 Å². The predicted molar refractivity (Wildman–Crippen MR) is 91.0 cm³/mol. The summed E-state index contributed by atoms with van der Waals surface area (Å²) in [6.45, 7) is 8.20. The largest absolute Gasteiger partial charge is 0.395 e. The molecule has 2 atom stereocenters. The molecule has 1 fully saturated rings. The Balaban J connectivity index is 1.90. The first-order chi connectivity index (χ1) is 10.5. The summed E-state index contributed by atoms with van der Waals surface area (Å²) in [5.41, 5.74) is 7.34. The van der Waals surface area contributed by atoms with Crippen LogP contribution in [0.3, 0.4) is 0 Å². The maximum Gasteiger partial charge on any atom is 0.146 e. The Morgan fingerprint density at radius 2 is 2.14 bits per heavy atom. The van der Waals surface area contributed by atoms with Gasteiger partial charge in [-0.2, -0.15) is 0 Å². The van der Waals surface area contributed by atoms with Crippen molar-refractivity contribution in [1.29, 1.82) is 0 Å². The van der Waals surface area contributed by atoms with Crippen molar-refractivity contribution in [2.24, 2.45) is 5.92 Å². The average molecular weight is 320 g/mol. The number of hydrogen-bond acceptors (Lipinski definition) is 6. The molecule has 0 aromatic carbocycles. The molecular weight excluding hydrogens is 296 g/mol. The molecule has 0 aliphatic carbocycles. The average Bonchev–Trinajstić information content (AvgIpc) is 2.74. The lowest BCUT2D eigenvalue weighted by Gasteiger charge is -2.38. The first kappa shape index (κ1) is 15.6. The maximum absolute atomic E-state index is 9.67. The second-order valence-electron chi connectivity index (χ2n) is 6.33. The number of rotatable bonds is 3. The van der Waals surface area contributed by atoms with Crippen molar-refractivity contribution in [3.05, 3.63) is 16.3 Å². The van der Waals surface area contributed by atoms with Gasteiger partial charge in [0.15, 0.2) is 0 Å². The van der Waals surface area contributed by atoms with E-state index in [1.165, 1.54) is 16.9 Å². The number of fused-ring (bicyclic) bond motifs is 1. The van der Waals surface area contributed by atoms with E-state index in [1.54, 1.807) is 11.3 Å². The molecule has 3 heterocycles. The van der Waals surface area contributed by atoms with Gasteiger partial charge in [0.1, 0.15) is 16.5 Å². The second kappa shape index (κ2) is 6.10. The van der Waals surface area contributed by atoms with Crippen LogP contribution in [-0.4, -0.2) is 39.2 Å². The molecule has 2 aromatic rings. The SMILES string of the molecule is Cc1sc2nc(CN3CCCC(C)C3CO)nc(N)c2c1C. The minimum Gasteiger partial charge on any atom is -0.395 e. The number of anilines is 1. The molecule has 1 aliphatic rings. The Hall–Kier alpha value is -1.24. The summed E-state index contributed by atoms with van der Waals surface area (Å²) in [4.78, 5) is 13.7. The van der Waals surface area contributed by atoms with Crippen molar-refractivity contribution >= 4 is 27.4 Å². The number of likely N-dealkylation sites (tertiary alicyclic amines) is 1. The fourth-order valence-electron chi connectivity index (χ4n) is 3.41. The number of nitrogen functional groups attached to an aromatic ring is 1. The van der Waals surface area contributed by atoms with Crippen LogP contribution in [-0.2, 0) is 6.54 Å². The lowest BCUT2D eigenvalue weighted by molar-refractivity contribution is 0.0455. The molecule has 6 heteroatoms. The summed E-state index contributed by atoms with van der Waals surface area (Å²) in [5, 5.41) is 10.7. The van der Waals surface area contributed by atoms with Gasteiger partial charge in [-0.3, -0.25) is 4.90 Å². The minimum absolute atomic E-state index is 0.191. The van der Waals surface area contributed by atoms with E-state index in [-0.39, 0.29) is 12.6 Å². The molecule has 0 bridgehead atoms. The van der Waals surface area contributed by atoms with Gasteiger partial charge >= 0.3 is 0 Å². The topological polar surface area (TPSA) is 75.3 Å². The van der Waals surface area contributed by atoms with Crippen molar-refractivity contribution < 1.29 is 5.11 Å². The van der Waals surface area contributed by atoms with Crippen molar-refractivity contribution in [3.63, 3.8) is 0 Å². The summed E-state index contributed by atoms with van der Waals surface area (Å²) in [7, 11) is 0. The molecule has 3 rings (SSSR count). The fraction of sp³-hybridized carbons (Fsp3) is 0.625. The van der Waals surface area contributed by atoms with Gasteiger partial charge in [0.25, 0.3) is 0 Å². The number of thiophene rings is 1. The van der Waals surface area contributed by atoms with Crippen LogP contribution in [0.15, 0.2) is 0 Å². The van der Waals surface area contributed by atoms with Crippen molar-refractivity contribution in [3.8, 4) is 0 Å². The van der Waals surface area contributed by atoms with E-state index in [9.17, 15) is 5.11 Å². The number of piperidine rings is 1. The zero-order valence-corrected chi connectivity index (χ0v) is 14.3. The molecule has 0 radical (unpaired) electrons. The number of hydrogen-bond donors (Lipinski definition) is 2. The summed E-state index contributed by atoms with van der Waals surface area (Å²) < 4.78 is 0. The molecule has 5 nitrogen and oxygen atoms in total. The van der Waals surface area contributed by atoms with Crippen LogP contribution in [0.5, 0.6) is 0 Å². The van der Waals surface area contributed by atoms with Crippen molar-refractivity contribution in [1.82, 2.24) is 14.9 Å². The van der Waals surface area contributed by atoms with Gasteiger partial charge in [-0.15, -0.1) is 11.3 Å². The molecule has 0 spiro atoms. The van der Waals surface area contributed by atoms with E-state index in [4.69, 9.17) is 10.7 Å². The van der Waals surface area contributed by atoms with E-state index < -0.39 is 0 Å². The normalized spacial score (nSPS) is 23.3. The number of aromatic nitrogens is 2. The molecule has 2 unspecified atom stereocenters. The Morgan fingerprint density at radius 1 is 1.36 bits per heavy atom. The second-order valence-corrected chi connectivity index (χ2v) is 7.53.